The number of hydrogen-bond donors (Lipinski definition) is 2. The van der Waals surface area contributed by atoms with Crippen LogP contribution in [0, 0.1) is 5.92 Å². The fraction of sp³-hybridized carbons (Fsp3) is 0.615. The number of carbonyl (C=O) groups excluding carboxylic acids is 1. The molecule has 6 nitrogen and oxygen atoms in total. The lowest BCUT2D eigenvalue weighted by Crippen LogP contribution is -2.28. The van der Waals surface area contributed by atoms with Crippen LogP contribution in [0.15, 0.2) is 12.1 Å². The highest BCUT2D eigenvalue weighted by atomic mass is 16.3. The molecule has 1 aromatic heterocycles. The zero-order valence-electron chi connectivity index (χ0n) is 11.9. The van der Waals surface area contributed by atoms with Crippen LogP contribution in [0.1, 0.15) is 30.8 Å². The Hall–Kier alpha value is -1.69. The first-order valence-electron chi connectivity index (χ1n) is 6.38. The third-order valence-corrected chi connectivity index (χ3v) is 2.87. The van der Waals surface area contributed by atoms with E-state index in [1.54, 1.807) is 26.2 Å². The van der Waals surface area contributed by atoms with E-state index in [9.17, 15) is 4.79 Å². The lowest BCUT2D eigenvalue weighted by atomic mass is 10.0. The molecule has 1 aromatic rings. The Labute approximate surface area is 113 Å². The Kier molecular flexibility index (Phi) is 5.69. The van der Waals surface area contributed by atoms with Crippen molar-refractivity contribution in [2.45, 2.75) is 26.3 Å². The summed E-state index contributed by atoms with van der Waals surface area (Å²) in [6.07, 6.45) is 0.651. The molecule has 0 aliphatic rings. The van der Waals surface area contributed by atoms with Crippen LogP contribution in [-0.4, -0.2) is 52.9 Å². The lowest BCUT2D eigenvalue weighted by Gasteiger charge is -2.21. The van der Waals surface area contributed by atoms with Crippen LogP contribution in [0.25, 0.3) is 0 Å². The van der Waals surface area contributed by atoms with Gasteiger partial charge in [0.15, 0.2) is 5.69 Å². The molecule has 0 bridgehead atoms. The van der Waals surface area contributed by atoms with E-state index in [4.69, 9.17) is 5.11 Å². The van der Waals surface area contributed by atoms with Crippen LogP contribution in [0.3, 0.4) is 0 Å². The van der Waals surface area contributed by atoms with Gasteiger partial charge in [-0.3, -0.25) is 4.79 Å². The predicted molar refractivity (Wildman–Crippen MR) is 74.0 cm³/mol. The summed E-state index contributed by atoms with van der Waals surface area (Å²) in [5, 5.41) is 20.1. The Balaban J connectivity index is 2.73. The maximum absolute atomic E-state index is 11.7. The second-order valence-electron chi connectivity index (χ2n) is 5.01. The average molecular weight is 266 g/mol. The Morgan fingerprint density at radius 2 is 2.05 bits per heavy atom. The van der Waals surface area contributed by atoms with Crippen molar-refractivity contribution in [2.75, 3.05) is 26.0 Å². The molecule has 0 spiro atoms. The highest BCUT2D eigenvalue weighted by Crippen LogP contribution is 2.13. The molecule has 1 amide bonds. The van der Waals surface area contributed by atoms with Gasteiger partial charge in [0.1, 0.15) is 5.82 Å². The molecule has 0 fully saturated rings. The Morgan fingerprint density at radius 1 is 1.37 bits per heavy atom. The van der Waals surface area contributed by atoms with Crippen LogP contribution in [0.5, 0.6) is 0 Å². The van der Waals surface area contributed by atoms with Crippen molar-refractivity contribution < 1.29 is 9.90 Å². The number of aliphatic hydroxyl groups is 1. The van der Waals surface area contributed by atoms with Gasteiger partial charge in [-0.15, -0.1) is 10.2 Å². The van der Waals surface area contributed by atoms with Gasteiger partial charge in [0, 0.05) is 26.7 Å². The fourth-order valence-corrected chi connectivity index (χ4v) is 1.65. The molecule has 0 aliphatic carbocycles. The SMILES string of the molecule is CC(C)C(CCO)Nc1ccc(C(=O)N(C)C)nn1. The lowest BCUT2D eigenvalue weighted by molar-refractivity contribution is 0.0821. The number of amides is 1. The zero-order chi connectivity index (χ0) is 14.4. The second-order valence-corrected chi connectivity index (χ2v) is 5.01. The smallest absolute Gasteiger partial charge is 0.273 e. The van der Waals surface area contributed by atoms with Crippen molar-refractivity contribution in [1.29, 1.82) is 0 Å². The first kappa shape index (κ1) is 15.4. The summed E-state index contributed by atoms with van der Waals surface area (Å²) in [5.41, 5.74) is 0.318. The molecule has 1 heterocycles. The largest absolute Gasteiger partial charge is 0.396 e. The minimum Gasteiger partial charge on any atom is -0.396 e. The topological polar surface area (TPSA) is 78.4 Å². The van der Waals surface area contributed by atoms with Gasteiger partial charge in [-0.05, 0) is 24.5 Å². The number of aliphatic hydroxyl groups excluding tert-OH is 1. The predicted octanol–water partition coefficient (Wildman–Crippen LogP) is 0.997. The molecule has 0 aromatic carbocycles. The maximum atomic E-state index is 11.7. The molecule has 1 unspecified atom stereocenters. The fourth-order valence-electron chi connectivity index (χ4n) is 1.65. The number of hydrogen-bond acceptors (Lipinski definition) is 5. The second kappa shape index (κ2) is 7.04. The minimum atomic E-state index is -0.171. The van der Waals surface area contributed by atoms with Crippen LogP contribution >= 0.6 is 0 Å². The average Bonchev–Trinajstić information content (AvgIpc) is 2.38. The van der Waals surface area contributed by atoms with Crippen LogP contribution < -0.4 is 5.32 Å². The summed E-state index contributed by atoms with van der Waals surface area (Å²) in [7, 11) is 3.35. The quantitative estimate of drug-likeness (QED) is 0.803. The maximum Gasteiger partial charge on any atom is 0.273 e. The molecule has 1 atom stereocenters. The molecule has 1 rings (SSSR count). The molecule has 0 aliphatic heterocycles. The van der Waals surface area contributed by atoms with E-state index >= 15 is 0 Å². The minimum absolute atomic E-state index is 0.125. The molecule has 6 heteroatoms. The van der Waals surface area contributed by atoms with Gasteiger partial charge in [-0.25, -0.2) is 0 Å². The monoisotopic (exact) mass is 266 g/mol. The zero-order valence-corrected chi connectivity index (χ0v) is 11.9. The van der Waals surface area contributed by atoms with E-state index in [1.807, 2.05) is 0 Å². The molecule has 0 radical (unpaired) electrons. The van der Waals surface area contributed by atoms with E-state index in [-0.39, 0.29) is 18.6 Å². The van der Waals surface area contributed by atoms with Crippen molar-refractivity contribution in [3.8, 4) is 0 Å². The molecular weight excluding hydrogens is 244 g/mol. The summed E-state index contributed by atoms with van der Waals surface area (Å²) >= 11 is 0. The van der Waals surface area contributed by atoms with Crippen LogP contribution in [-0.2, 0) is 0 Å². The normalized spacial score (nSPS) is 12.3. The van der Waals surface area contributed by atoms with E-state index in [2.05, 4.69) is 29.4 Å². The molecule has 106 valence electrons. The molecule has 0 saturated carbocycles. The van der Waals surface area contributed by atoms with Gasteiger partial charge in [-0.2, -0.15) is 0 Å². The number of rotatable bonds is 6. The Morgan fingerprint density at radius 3 is 2.47 bits per heavy atom. The van der Waals surface area contributed by atoms with Crippen molar-refractivity contribution in [3.05, 3.63) is 17.8 Å². The van der Waals surface area contributed by atoms with Gasteiger partial charge < -0.3 is 15.3 Å². The van der Waals surface area contributed by atoms with Crippen LogP contribution in [0.4, 0.5) is 5.82 Å². The number of aromatic nitrogens is 2. The standard InChI is InChI=1S/C13H22N4O2/c1-9(2)10(7-8-18)14-12-6-5-11(15-16-12)13(19)17(3)4/h5-6,9-10,18H,7-8H2,1-4H3,(H,14,16). The third kappa shape index (κ3) is 4.48. The van der Waals surface area contributed by atoms with Crippen molar-refractivity contribution >= 4 is 11.7 Å². The first-order valence-corrected chi connectivity index (χ1v) is 6.38. The summed E-state index contributed by atoms with van der Waals surface area (Å²) < 4.78 is 0. The molecule has 0 saturated heterocycles. The summed E-state index contributed by atoms with van der Waals surface area (Å²) in [6, 6.07) is 3.51. The number of anilines is 1. The summed E-state index contributed by atoms with van der Waals surface area (Å²) in [4.78, 5) is 13.1. The molecular formula is C13H22N4O2. The summed E-state index contributed by atoms with van der Waals surface area (Å²) in [5.74, 6) is 0.814. The van der Waals surface area contributed by atoms with Gasteiger partial charge in [0.05, 0.1) is 0 Å². The van der Waals surface area contributed by atoms with Crippen molar-refractivity contribution in [2.24, 2.45) is 5.92 Å². The molecule has 2 N–H and O–H groups in total. The first-order chi connectivity index (χ1) is 8.95. The van der Waals surface area contributed by atoms with Gasteiger partial charge in [0.25, 0.3) is 5.91 Å². The third-order valence-electron chi connectivity index (χ3n) is 2.87. The highest BCUT2D eigenvalue weighted by Gasteiger charge is 2.14. The Bertz CT molecular complexity index is 404. The molecule has 19 heavy (non-hydrogen) atoms. The van der Waals surface area contributed by atoms with E-state index in [0.29, 0.717) is 23.9 Å². The van der Waals surface area contributed by atoms with Crippen LogP contribution in [0.2, 0.25) is 0 Å². The van der Waals surface area contributed by atoms with E-state index in [1.165, 1.54) is 4.90 Å². The summed E-state index contributed by atoms with van der Waals surface area (Å²) in [6.45, 7) is 4.27. The number of nitrogens with zero attached hydrogens (tertiary/aromatic N) is 3. The van der Waals surface area contributed by atoms with Gasteiger partial charge in [-0.1, -0.05) is 13.8 Å². The van der Waals surface area contributed by atoms with Crippen molar-refractivity contribution in [3.63, 3.8) is 0 Å². The highest BCUT2D eigenvalue weighted by molar-refractivity contribution is 5.91. The number of nitrogens with one attached hydrogen (secondary N) is 1. The van der Waals surface area contributed by atoms with E-state index < -0.39 is 0 Å². The van der Waals surface area contributed by atoms with Gasteiger partial charge >= 0.3 is 0 Å². The van der Waals surface area contributed by atoms with Crippen molar-refractivity contribution in [1.82, 2.24) is 15.1 Å². The van der Waals surface area contributed by atoms with E-state index in [0.717, 1.165) is 0 Å². The number of carbonyl (C=O) groups is 1. The van der Waals surface area contributed by atoms with Gasteiger partial charge in [0.2, 0.25) is 0 Å².